The standard InChI is InChI=1S/C13H17F2NO/c1-9-4-5-11(14)13(12(9)15)16-7-6-10-3-2-8-17-10/h4-5,10,16H,2-3,6-8H2,1H3. The van der Waals surface area contributed by atoms with Gasteiger partial charge in [-0.05, 0) is 37.8 Å². The molecule has 1 fully saturated rings. The molecule has 0 saturated carbocycles. The zero-order chi connectivity index (χ0) is 12.3. The Morgan fingerprint density at radius 3 is 2.94 bits per heavy atom. The quantitative estimate of drug-likeness (QED) is 0.873. The van der Waals surface area contributed by atoms with Gasteiger partial charge in [0, 0.05) is 13.2 Å². The Morgan fingerprint density at radius 1 is 1.41 bits per heavy atom. The predicted molar refractivity (Wildman–Crippen MR) is 63.2 cm³/mol. The molecule has 0 aliphatic carbocycles. The molecule has 0 amide bonds. The van der Waals surface area contributed by atoms with E-state index in [9.17, 15) is 8.78 Å². The molecule has 1 aromatic rings. The molecular weight excluding hydrogens is 224 g/mol. The fourth-order valence-electron chi connectivity index (χ4n) is 2.05. The number of anilines is 1. The summed E-state index contributed by atoms with van der Waals surface area (Å²) in [5.74, 6) is -1.04. The summed E-state index contributed by atoms with van der Waals surface area (Å²) in [4.78, 5) is 0. The molecule has 2 nitrogen and oxygen atoms in total. The largest absolute Gasteiger partial charge is 0.380 e. The molecule has 1 unspecified atom stereocenters. The van der Waals surface area contributed by atoms with Gasteiger partial charge in [0.2, 0.25) is 0 Å². The molecule has 1 saturated heterocycles. The first-order valence-electron chi connectivity index (χ1n) is 5.98. The highest BCUT2D eigenvalue weighted by atomic mass is 19.1. The minimum Gasteiger partial charge on any atom is -0.380 e. The third kappa shape index (κ3) is 2.94. The van der Waals surface area contributed by atoms with Crippen molar-refractivity contribution in [1.82, 2.24) is 0 Å². The molecule has 0 bridgehead atoms. The average Bonchev–Trinajstić information content (AvgIpc) is 2.81. The number of aryl methyl sites for hydroxylation is 1. The number of nitrogens with one attached hydrogen (secondary N) is 1. The van der Waals surface area contributed by atoms with Gasteiger partial charge in [-0.3, -0.25) is 0 Å². The molecule has 94 valence electrons. The molecule has 0 aromatic heterocycles. The van der Waals surface area contributed by atoms with E-state index in [-0.39, 0.29) is 11.8 Å². The normalized spacial score (nSPS) is 19.6. The lowest BCUT2D eigenvalue weighted by molar-refractivity contribution is 0.107. The number of hydrogen-bond donors (Lipinski definition) is 1. The first-order chi connectivity index (χ1) is 8.18. The van der Waals surface area contributed by atoms with Crippen molar-refractivity contribution in [3.63, 3.8) is 0 Å². The Morgan fingerprint density at radius 2 is 2.24 bits per heavy atom. The van der Waals surface area contributed by atoms with Crippen LogP contribution in [0.5, 0.6) is 0 Å². The Balaban J connectivity index is 1.91. The van der Waals surface area contributed by atoms with Crippen molar-refractivity contribution >= 4 is 5.69 Å². The van der Waals surface area contributed by atoms with E-state index in [4.69, 9.17) is 4.74 Å². The highest BCUT2D eigenvalue weighted by Gasteiger charge is 2.16. The molecule has 1 heterocycles. The highest BCUT2D eigenvalue weighted by Crippen LogP contribution is 2.22. The van der Waals surface area contributed by atoms with Crippen molar-refractivity contribution in [3.8, 4) is 0 Å². The number of rotatable bonds is 4. The number of benzene rings is 1. The summed E-state index contributed by atoms with van der Waals surface area (Å²) in [5.41, 5.74) is 0.425. The lowest BCUT2D eigenvalue weighted by Gasteiger charge is -2.13. The lowest BCUT2D eigenvalue weighted by atomic mass is 10.1. The molecule has 4 heteroatoms. The highest BCUT2D eigenvalue weighted by molar-refractivity contribution is 5.48. The maximum atomic E-state index is 13.6. The van der Waals surface area contributed by atoms with Crippen molar-refractivity contribution in [2.24, 2.45) is 0 Å². The maximum Gasteiger partial charge on any atom is 0.152 e. The van der Waals surface area contributed by atoms with E-state index in [0.717, 1.165) is 25.9 Å². The van der Waals surface area contributed by atoms with Gasteiger partial charge in [0.25, 0.3) is 0 Å². The molecule has 1 aliphatic rings. The van der Waals surface area contributed by atoms with Crippen molar-refractivity contribution in [1.29, 1.82) is 0 Å². The van der Waals surface area contributed by atoms with Crippen LogP contribution in [0.3, 0.4) is 0 Å². The van der Waals surface area contributed by atoms with Crippen LogP contribution in [0, 0.1) is 18.6 Å². The van der Waals surface area contributed by atoms with Crippen LogP contribution in [-0.2, 0) is 4.74 Å². The van der Waals surface area contributed by atoms with Crippen LogP contribution >= 0.6 is 0 Å². The van der Waals surface area contributed by atoms with Gasteiger partial charge in [0.15, 0.2) is 5.82 Å². The van der Waals surface area contributed by atoms with Crippen LogP contribution < -0.4 is 5.32 Å². The van der Waals surface area contributed by atoms with Gasteiger partial charge in [0.05, 0.1) is 6.10 Å². The minimum absolute atomic E-state index is 0.0250. The monoisotopic (exact) mass is 241 g/mol. The van der Waals surface area contributed by atoms with E-state index in [2.05, 4.69) is 5.32 Å². The number of halogens is 2. The van der Waals surface area contributed by atoms with Crippen LogP contribution in [0.2, 0.25) is 0 Å². The third-order valence-corrected chi connectivity index (χ3v) is 3.08. The fourth-order valence-corrected chi connectivity index (χ4v) is 2.05. The van der Waals surface area contributed by atoms with E-state index in [1.165, 1.54) is 12.1 Å². The molecule has 2 rings (SSSR count). The van der Waals surface area contributed by atoms with Gasteiger partial charge in [-0.2, -0.15) is 0 Å². The van der Waals surface area contributed by atoms with E-state index >= 15 is 0 Å². The molecule has 0 radical (unpaired) electrons. The summed E-state index contributed by atoms with van der Waals surface area (Å²) in [6, 6.07) is 2.72. The summed E-state index contributed by atoms with van der Waals surface area (Å²) in [6.45, 7) is 2.96. The summed E-state index contributed by atoms with van der Waals surface area (Å²) < 4.78 is 32.5. The van der Waals surface area contributed by atoms with Crippen LogP contribution in [0.15, 0.2) is 12.1 Å². The fraction of sp³-hybridized carbons (Fsp3) is 0.538. The van der Waals surface area contributed by atoms with Crippen LogP contribution in [-0.4, -0.2) is 19.3 Å². The van der Waals surface area contributed by atoms with Crippen LogP contribution in [0.4, 0.5) is 14.5 Å². The molecule has 1 aromatic carbocycles. The van der Waals surface area contributed by atoms with E-state index < -0.39 is 11.6 Å². The summed E-state index contributed by atoms with van der Waals surface area (Å²) in [5, 5.41) is 2.82. The lowest BCUT2D eigenvalue weighted by Crippen LogP contribution is -2.14. The average molecular weight is 241 g/mol. The first kappa shape index (κ1) is 12.3. The van der Waals surface area contributed by atoms with Crippen molar-refractivity contribution in [2.45, 2.75) is 32.3 Å². The molecule has 17 heavy (non-hydrogen) atoms. The van der Waals surface area contributed by atoms with Crippen LogP contribution in [0.1, 0.15) is 24.8 Å². The zero-order valence-electron chi connectivity index (χ0n) is 9.93. The van der Waals surface area contributed by atoms with Gasteiger partial charge in [0.1, 0.15) is 11.5 Å². The Labute approximate surface area is 100.0 Å². The molecule has 1 atom stereocenters. The van der Waals surface area contributed by atoms with Gasteiger partial charge in [-0.15, -0.1) is 0 Å². The van der Waals surface area contributed by atoms with E-state index in [1.807, 2.05) is 0 Å². The van der Waals surface area contributed by atoms with Gasteiger partial charge in [-0.1, -0.05) is 6.07 Å². The smallest absolute Gasteiger partial charge is 0.152 e. The molecule has 1 aliphatic heterocycles. The van der Waals surface area contributed by atoms with Crippen molar-refractivity contribution in [3.05, 3.63) is 29.3 Å². The summed E-state index contributed by atoms with van der Waals surface area (Å²) >= 11 is 0. The zero-order valence-corrected chi connectivity index (χ0v) is 9.93. The molecular formula is C13H17F2NO. The van der Waals surface area contributed by atoms with Crippen molar-refractivity contribution in [2.75, 3.05) is 18.5 Å². The predicted octanol–water partition coefficient (Wildman–Crippen LogP) is 3.25. The number of hydrogen-bond acceptors (Lipinski definition) is 2. The molecule has 1 N–H and O–H groups in total. The maximum absolute atomic E-state index is 13.6. The van der Waals surface area contributed by atoms with Gasteiger partial charge < -0.3 is 10.1 Å². The van der Waals surface area contributed by atoms with Gasteiger partial charge >= 0.3 is 0 Å². The Hall–Kier alpha value is -1.16. The SMILES string of the molecule is Cc1ccc(F)c(NCCC2CCCO2)c1F. The third-order valence-electron chi connectivity index (χ3n) is 3.08. The topological polar surface area (TPSA) is 21.3 Å². The Kier molecular flexibility index (Phi) is 3.94. The Bertz CT molecular complexity index is 389. The molecule has 0 spiro atoms. The van der Waals surface area contributed by atoms with E-state index in [0.29, 0.717) is 12.1 Å². The minimum atomic E-state index is -0.541. The number of ether oxygens (including phenoxy) is 1. The second-order valence-electron chi connectivity index (χ2n) is 4.40. The summed E-state index contributed by atoms with van der Waals surface area (Å²) in [7, 11) is 0. The second kappa shape index (κ2) is 5.45. The first-order valence-corrected chi connectivity index (χ1v) is 5.98. The summed E-state index contributed by atoms with van der Waals surface area (Å²) in [6.07, 6.45) is 3.14. The second-order valence-corrected chi connectivity index (χ2v) is 4.40. The van der Waals surface area contributed by atoms with Gasteiger partial charge in [-0.25, -0.2) is 8.78 Å². The van der Waals surface area contributed by atoms with E-state index in [1.54, 1.807) is 6.92 Å². The van der Waals surface area contributed by atoms with Crippen molar-refractivity contribution < 1.29 is 13.5 Å². The van der Waals surface area contributed by atoms with Crippen LogP contribution in [0.25, 0.3) is 0 Å².